The van der Waals surface area contributed by atoms with Crippen LogP contribution in [0.25, 0.3) is 0 Å². The Morgan fingerprint density at radius 3 is 2.65 bits per heavy atom. The molecule has 1 N–H and O–H groups in total. The smallest absolute Gasteiger partial charge is 0.251 e. The summed E-state index contributed by atoms with van der Waals surface area (Å²) in [5.74, 6) is 1.23. The molecular formula is C19H21ClN2O4. The van der Waals surface area contributed by atoms with E-state index in [-0.39, 0.29) is 18.4 Å². The maximum Gasteiger partial charge on any atom is 0.251 e. The average molecular weight is 377 g/mol. The summed E-state index contributed by atoms with van der Waals surface area (Å²) in [6.07, 6.45) is -0.190. The van der Waals surface area contributed by atoms with Crippen LogP contribution in [0.3, 0.4) is 0 Å². The van der Waals surface area contributed by atoms with Crippen LogP contribution in [0, 0.1) is 6.92 Å². The van der Waals surface area contributed by atoms with Gasteiger partial charge in [-0.1, -0.05) is 23.7 Å². The first kappa shape index (κ1) is 18.5. The zero-order valence-corrected chi connectivity index (χ0v) is 15.5. The lowest BCUT2D eigenvalue weighted by molar-refractivity contribution is -0.162. The van der Waals surface area contributed by atoms with Crippen LogP contribution in [-0.2, 0) is 20.7 Å². The molecule has 2 aromatic rings. The van der Waals surface area contributed by atoms with Gasteiger partial charge in [0.15, 0.2) is 6.10 Å². The molecule has 7 heteroatoms. The molecule has 0 saturated carbocycles. The van der Waals surface area contributed by atoms with Crippen LogP contribution >= 0.6 is 11.6 Å². The van der Waals surface area contributed by atoms with Crippen LogP contribution in [0.5, 0.6) is 0 Å². The number of aryl methyl sites for hydroxylation is 1. The second kappa shape index (κ2) is 7.93. The minimum atomic E-state index is -0.780. The van der Waals surface area contributed by atoms with E-state index in [4.69, 9.17) is 20.8 Å². The first-order valence-electron chi connectivity index (χ1n) is 8.41. The van der Waals surface area contributed by atoms with Gasteiger partial charge in [-0.15, -0.1) is 0 Å². The summed E-state index contributed by atoms with van der Waals surface area (Å²) < 4.78 is 11.1. The summed E-state index contributed by atoms with van der Waals surface area (Å²) in [4.78, 5) is 26.3. The topological polar surface area (TPSA) is 71.8 Å². The summed E-state index contributed by atoms with van der Waals surface area (Å²) in [5, 5.41) is 3.46. The summed E-state index contributed by atoms with van der Waals surface area (Å²) in [7, 11) is 1.68. The lowest BCUT2D eigenvalue weighted by Crippen LogP contribution is -2.53. The third-order valence-corrected chi connectivity index (χ3v) is 4.67. The number of amides is 2. The lowest BCUT2D eigenvalue weighted by atomic mass is 9.97. The molecule has 2 atom stereocenters. The lowest BCUT2D eigenvalue weighted by Gasteiger charge is -2.38. The zero-order chi connectivity index (χ0) is 18.7. The summed E-state index contributed by atoms with van der Waals surface area (Å²) >= 11 is 5.94. The first-order chi connectivity index (χ1) is 12.5. The van der Waals surface area contributed by atoms with Crippen molar-refractivity contribution in [2.45, 2.75) is 25.5 Å². The van der Waals surface area contributed by atoms with Crippen molar-refractivity contribution in [2.24, 2.45) is 0 Å². The number of carbonyl (C=O) groups excluding carboxylic acids is 2. The van der Waals surface area contributed by atoms with Crippen LogP contribution in [0.4, 0.5) is 0 Å². The SMILES string of the molecule is Cc1ccc(CCNC(=O)[C@@H]2OCC(=O)N(C)[C@@H]2c2ccc(Cl)cc2)o1. The van der Waals surface area contributed by atoms with Crippen molar-refractivity contribution in [3.8, 4) is 0 Å². The van der Waals surface area contributed by atoms with E-state index in [9.17, 15) is 9.59 Å². The molecule has 1 aliphatic heterocycles. The number of likely N-dealkylation sites (N-methyl/N-ethyl adjacent to an activating group) is 1. The van der Waals surface area contributed by atoms with Crippen LogP contribution in [-0.4, -0.2) is 43.0 Å². The number of furan rings is 1. The number of nitrogens with zero attached hydrogens (tertiary/aromatic N) is 1. The predicted molar refractivity (Wildman–Crippen MR) is 96.9 cm³/mol. The summed E-state index contributed by atoms with van der Waals surface area (Å²) in [5.41, 5.74) is 0.798. The van der Waals surface area contributed by atoms with Gasteiger partial charge in [0.25, 0.3) is 5.91 Å². The molecule has 0 radical (unpaired) electrons. The standard InChI is InChI=1S/C19H21ClN2O4/c1-12-3-8-15(26-12)9-10-21-19(24)18-17(22(2)16(23)11-25-18)13-4-6-14(20)7-5-13/h3-8,17-18H,9-11H2,1-2H3,(H,21,24)/t17-,18-/m1/s1. The van der Waals surface area contributed by atoms with Gasteiger partial charge in [0, 0.05) is 25.0 Å². The molecule has 26 heavy (non-hydrogen) atoms. The molecule has 0 spiro atoms. The average Bonchev–Trinajstić information content (AvgIpc) is 3.03. The maximum atomic E-state index is 12.7. The van der Waals surface area contributed by atoms with Crippen LogP contribution < -0.4 is 5.32 Å². The molecule has 6 nitrogen and oxygen atoms in total. The minimum absolute atomic E-state index is 0.115. The number of hydrogen-bond acceptors (Lipinski definition) is 4. The number of benzene rings is 1. The second-order valence-electron chi connectivity index (χ2n) is 6.29. The van der Waals surface area contributed by atoms with Crippen molar-refractivity contribution in [3.05, 3.63) is 58.5 Å². The van der Waals surface area contributed by atoms with Crippen molar-refractivity contribution in [3.63, 3.8) is 0 Å². The Balaban J connectivity index is 1.69. The Labute approximate surface area is 157 Å². The van der Waals surface area contributed by atoms with Gasteiger partial charge in [0.05, 0.1) is 6.04 Å². The molecule has 0 aliphatic carbocycles. The van der Waals surface area contributed by atoms with Gasteiger partial charge < -0.3 is 19.4 Å². The highest BCUT2D eigenvalue weighted by molar-refractivity contribution is 6.30. The molecule has 0 unspecified atom stereocenters. The van der Waals surface area contributed by atoms with Crippen molar-refractivity contribution in [2.75, 3.05) is 20.2 Å². The quantitative estimate of drug-likeness (QED) is 0.870. The van der Waals surface area contributed by atoms with Gasteiger partial charge in [-0.05, 0) is 36.8 Å². The van der Waals surface area contributed by atoms with Crippen LogP contribution in [0.1, 0.15) is 23.1 Å². The number of ether oxygens (including phenoxy) is 1. The molecule has 2 amide bonds. The van der Waals surface area contributed by atoms with Gasteiger partial charge in [-0.25, -0.2) is 0 Å². The number of carbonyl (C=O) groups is 2. The Bertz CT molecular complexity index is 787. The zero-order valence-electron chi connectivity index (χ0n) is 14.7. The van der Waals surface area contributed by atoms with E-state index in [2.05, 4.69) is 5.32 Å². The fraction of sp³-hybridized carbons (Fsp3) is 0.368. The molecule has 1 fully saturated rings. The van der Waals surface area contributed by atoms with Crippen molar-refractivity contribution < 1.29 is 18.7 Å². The highest BCUT2D eigenvalue weighted by atomic mass is 35.5. The monoisotopic (exact) mass is 376 g/mol. The molecule has 2 heterocycles. The molecule has 3 rings (SSSR count). The van der Waals surface area contributed by atoms with E-state index in [0.717, 1.165) is 17.1 Å². The van der Waals surface area contributed by atoms with Gasteiger partial charge >= 0.3 is 0 Å². The Morgan fingerprint density at radius 1 is 1.27 bits per heavy atom. The van der Waals surface area contributed by atoms with Crippen LogP contribution in [0.2, 0.25) is 5.02 Å². The summed E-state index contributed by atoms with van der Waals surface area (Å²) in [6.45, 7) is 2.19. The highest BCUT2D eigenvalue weighted by Crippen LogP contribution is 2.30. The molecule has 1 aromatic heterocycles. The molecule has 1 saturated heterocycles. The Kier molecular flexibility index (Phi) is 5.64. The highest BCUT2D eigenvalue weighted by Gasteiger charge is 2.39. The van der Waals surface area contributed by atoms with Gasteiger partial charge in [-0.2, -0.15) is 0 Å². The van der Waals surface area contributed by atoms with Crippen molar-refractivity contribution in [1.82, 2.24) is 10.2 Å². The minimum Gasteiger partial charge on any atom is -0.466 e. The van der Waals surface area contributed by atoms with E-state index in [0.29, 0.717) is 18.0 Å². The summed E-state index contributed by atoms with van der Waals surface area (Å²) in [6, 6.07) is 10.4. The number of rotatable bonds is 5. The Morgan fingerprint density at radius 2 is 2.00 bits per heavy atom. The Hall–Kier alpha value is -2.31. The first-order valence-corrected chi connectivity index (χ1v) is 8.79. The molecule has 0 bridgehead atoms. The van der Waals surface area contributed by atoms with E-state index >= 15 is 0 Å². The van der Waals surface area contributed by atoms with E-state index in [1.807, 2.05) is 19.1 Å². The second-order valence-corrected chi connectivity index (χ2v) is 6.72. The van der Waals surface area contributed by atoms with Crippen molar-refractivity contribution in [1.29, 1.82) is 0 Å². The molecule has 138 valence electrons. The van der Waals surface area contributed by atoms with Crippen LogP contribution in [0.15, 0.2) is 40.8 Å². The third kappa shape index (κ3) is 4.08. The van der Waals surface area contributed by atoms with E-state index in [1.165, 1.54) is 0 Å². The molecular weight excluding hydrogens is 356 g/mol. The molecule has 1 aliphatic rings. The van der Waals surface area contributed by atoms with Gasteiger partial charge in [0.2, 0.25) is 5.91 Å². The normalized spacial score (nSPS) is 20.3. The van der Waals surface area contributed by atoms with Crippen molar-refractivity contribution >= 4 is 23.4 Å². The fourth-order valence-corrected chi connectivity index (χ4v) is 3.14. The number of morpholine rings is 1. The molecule has 1 aromatic carbocycles. The van der Waals surface area contributed by atoms with Gasteiger partial charge in [-0.3, -0.25) is 9.59 Å². The predicted octanol–water partition coefficient (Wildman–Crippen LogP) is 2.50. The number of halogens is 1. The van der Waals surface area contributed by atoms with E-state index in [1.54, 1.807) is 36.2 Å². The number of hydrogen-bond donors (Lipinski definition) is 1. The van der Waals surface area contributed by atoms with Gasteiger partial charge in [0.1, 0.15) is 18.1 Å². The fourth-order valence-electron chi connectivity index (χ4n) is 3.02. The maximum absolute atomic E-state index is 12.7. The number of nitrogens with one attached hydrogen (secondary N) is 1. The third-order valence-electron chi connectivity index (χ3n) is 4.42. The van der Waals surface area contributed by atoms with E-state index < -0.39 is 12.1 Å². The largest absolute Gasteiger partial charge is 0.466 e.